The molecule has 3 aromatic heterocycles. The molecule has 6 nitrogen and oxygen atoms in total. The Morgan fingerprint density at radius 2 is 1.94 bits per heavy atom. The molecule has 0 fully saturated rings. The van der Waals surface area contributed by atoms with Crippen LogP contribution in [-0.2, 0) is 6.61 Å². The van der Waals surface area contributed by atoms with Crippen molar-refractivity contribution in [2.45, 2.75) is 13.5 Å². The van der Waals surface area contributed by atoms with Crippen LogP contribution in [0, 0.1) is 12.7 Å². The molecule has 0 aliphatic rings. The minimum atomic E-state index is -0.315. The number of nitrogens with zero attached hydrogens (tertiary/aromatic N) is 4. The molecule has 0 saturated carbocycles. The zero-order valence-corrected chi connectivity index (χ0v) is 17.9. The number of imidazole rings is 2. The molecule has 0 aliphatic heterocycles. The Morgan fingerprint density at radius 3 is 2.66 bits per heavy atom. The molecule has 32 heavy (non-hydrogen) atoms. The number of benzene rings is 2. The first-order valence-electron chi connectivity index (χ1n) is 9.98. The third kappa shape index (κ3) is 3.62. The summed E-state index contributed by atoms with van der Waals surface area (Å²) < 4.78 is 17.0. The molecule has 5 rings (SSSR count). The van der Waals surface area contributed by atoms with E-state index in [1.165, 1.54) is 12.1 Å². The van der Waals surface area contributed by atoms with Gasteiger partial charge in [0.05, 0.1) is 30.0 Å². The van der Waals surface area contributed by atoms with Crippen molar-refractivity contribution in [1.82, 2.24) is 18.9 Å². The topological polar surface area (TPSA) is 67.4 Å². The van der Waals surface area contributed by atoms with Gasteiger partial charge < -0.3 is 15.0 Å². The molecule has 3 heterocycles. The number of rotatable bonds is 5. The average Bonchev–Trinajstić information content (AvgIpc) is 3.38. The normalized spacial score (nSPS) is 11.2. The van der Waals surface area contributed by atoms with Gasteiger partial charge in [0.2, 0.25) is 0 Å². The summed E-state index contributed by atoms with van der Waals surface area (Å²) in [5.74, 6) is -0.315. The predicted octanol–water partition coefficient (Wildman–Crippen LogP) is 5.52. The summed E-state index contributed by atoms with van der Waals surface area (Å²) in [7, 11) is 0. The Kier molecular flexibility index (Phi) is 5.13. The summed E-state index contributed by atoms with van der Waals surface area (Å²) >= 11 is 6.58. The third-order valence-corrected chi connectivity index (χ3v) is 5.59. The Morgan fingerprint density at radius 1 is 1.12 bits per heavy atom. The number of hydrogen-bond acceptors (Lipinski definition) is 4. The van der Waals surface area contributed by atoms with Crippen molar-refractivity contribution < 1.29 is 9.50 Å². The van der Waals surface area contributed by atoms with Crippen molar-refractivity contribution in [2.24, 2.45) is 0 Å². The first-order chi connectivity index (χ1) is 15.5. The maximum atomic E-state index is 13.3. The second-order valence-electron chi connectivity index (χ2n) is 7.42. The first kappa shape index (κ1) is 20.2. The number of aromatic nitrogens is 4. The molecule has 0 amide bonds. The van der Waals surface area contributed by atoms with Crippen LogP contribution in [0.15, 0.2) is 73.3 Å². The summed E-state index contributed by atoms with van der Waals surface area (Å²) in [6.45, 7) is 1.80. The minimum Gasteiger partial charge on any atom is -0.392 e. The van der Waals surface area contributed by atoms with Crippen LogP contribution in [0.25, 0.3) is 22.6 Å². The van der Waals surface area contributed by atoms with Crippen molar-refractivity contribution in [2.75, 3.05) is 5.32 Å². The highest BCUT2D eigenvalue weighted by Crippen LogP contribution is 2.32. The van der Waals surface area contributed by atoms with E-state index in [-0.39, 0.29) is 12.4 Å². The number of aliphatic hydroxyl groups is 1. The molecule has 0 unspecified atom stereocenters. The summed E-state index contributed by atoms with van der Waals surface area (Å²) in [5, 5.41) is 13.7. The zero-order valence-electron chi connectivity index (χ0n) is 17.1. The number of nitrogens with one attached hydrogen (secondary N) is 1. The van der Waals surface area contributed by atoms with Crippen LogP contribution in [0.5, 0.6) is 0 Å². The molecule has 0 radical (unpaired) electrons. The predicted molar refractivity (Wildman–Crippen MR) is 123 cm³/mol. The van der Waals surface area contributed by atoms with Gasteiger partial charge in [-0.25, -0.2) is 14.4 Å². The molecule has 0 bridgehead atoms. The number of hydrogen-bond donors (Lipinski definition) is 2. The van der Waals surface area contributed by atoms with Crippen molar-refractivity contribution in [1.29, 1.82) is 0 Å². The van der Waals surface area contributed by atoms with Gasteiger partial charge in [-0.05, 0) is 61.5 Å². The largest absolute Gasteiger partial charge is 0.392 e. The molecule has 2 N–H and O–H groups in total. The van der Waals surface area contributed by atoms with E-state index in [1.54, 1.807) is 22.9 Å². The fraction of sp³-hybridized carbons (Fsp3) is 0.0833. The van der Waals surface area contributed by atoms with Crippen LogP contribution in [0.2, 0.25) is 5.15 Å². The highest BCUT2D eigenvalue weighted by molar-refractivity contribution is 6.32. The Balaban J connectivity index is 1.53. The number of aryl methyl sites for hydroxylation is 1. The number of aliphatic hydroxyl groups excluding tert-OH is 1. The van der Waals surface area contributed by atoms with Gasteiger partial charge in [0.15, 0.2) is 5.65 Å². The van der Waals surface area contributed by atoms with Gasteiger partial charge in [-0.1, -0.05) is 11.6 Å². The van der Waals surface area contributed by atoms with Crippen molar-refractivity contribution >= 4 is 28.6 Å². The summed E-state index contributed by atoms with van der Waals surface area (Å²) in [6.07, 6.45) is 5.46. The maximum absolute atomic E-state index is 13.3. The van der Waals surface area contributed by atoms with Crippen molar-refractivity contribution in [3.05, 3.63) is 95.5 Å². The number of pyridine rings is 1. The van der Waals surface area contributed by atoms with E-state index in [1.807, 2.05) is 54.2 Å². The number of fused-ring (bicyclic) bond motifs is 1. The standard InChI is InChI=1S/C24H19ClFN5O/c1-15-12-30(14-27-15)21-9-8-19(11-17(21)13-32)28-20-3-2-10-31-23(25)22(29-24(20)31)16-4-6-18(26)7-5-16/h2-12,14,28,32H,13H2,1H3. The van der Waals surface area contributed by atoms with Gasteiger partial charge >= 0.3 is 0 Å². The Labute approximate surface area is 188 Å². The van der Waals surface area contributed by atoms with E-state index < -0.39 is 0 Å². The monoisotopic (exact) mass is 447 g/mol. The van der Waals surface area contributed by atoms with Gasteiger partial charge in [-0.15, -0.1) is 0 Å². The molecular formula is C24H19ClFN5O. The highest BCUT2D eigenvalue weighted by Gasteiger charge is 2.15. The van der Waals surface area contributed by atoms with Gasteiger partial charge in [0.25, 0.3) is 0 Å². The van der Waals surface area contributed by atoms with Crippen molar-refractivity contribution in [3.8, 4) is 16.9 Å². The number of halogens is 2. The van der Waals surface area contributed by atoms with Gasteiger partial charge in [-0.2, -0.15) is 0 Å². The van der Waals surface area contributed by atoms with Crippen LogP contribution >= 0.6 is 11.6 Å². The fourth-order valence-electron chi connectivity index (χ4n) is 3.68. The summed E-state index contributed by atoms with van der Waals surface area (Å²) in [4.78, 5) is 8.96. The highest BCUT2D eigenvalue weighted by atomic mass is 35.5. The molecule has 5 aromatic rings. The molecule has 8 heteroatoms. The van der Waals surface area contributed by atoms with Crippen LogP contribution < -0.4 is 5.32 Å². The van der Waals surface area contributed by atoms with E-state index in [2.05, 4.69) is 10.3 Å². The van der Waals surface area contributed by atoms with Crippen LogP contribution in [0.3, 0.4) is 0 Å². The maximum Gasteiger partial charge on any atom is 0.162 e. The van der Waals surface area contributed by atoms with Gasteiger partial charge in [0.1, 0.15) is 16.7 Å². The smallest absolute Gasteiger partial charge is 0.162 e. The molecule has 0 aliphatic carbocycles. The Hall–Kier alpha value is -3.68. The molecule has 160 valence electrons. The fourth-order valence-corrected chi connectivity index (χ4v) is 3.97. The third-order valence-electron chi connectivity index (χ3n) is 5.23. The first-order valence-corrected chi connectivity index (χ1v) is 10.4. The molecule has 0 atom stereocenters. The molecular weight excluding hydrogens is 429 g/mol. The van der Waals surface area contributed by atoms with Crippen molar-refractivity contribution in [3.63, 3.8) is 0 Å². The molecule has 0 saturated heterocycles. The summed E-state index contributed by atoms with van der Waals surface area (Å²) in [6, 6.07) is 15.6. The van der Waals surface area contributed by atoms with Crippen LogP contribution in [-0.4, -0.2) is 24.0 Å². The van der Waals surface area contributed by atoms with E-state index in [9.17, 15) is 9.50 Å². The quantitative estimate of drug-likeness (QED) is 0.372. The van der Waals surface area contributed by atoms with Gasteiger partial charge in [-0.3, -0.25) is 4.40 Å². The average molecular weight is 448 g/mol. The lowest BCUT2D eigenvalue weighted by molar-refractivity contribution is 0.281. The zero-order chi connectivity index (χ0) is 22.2. The Bertz CT molecular complexity index is 1420. The molecule has 2 aromatic carbocycles. The number of anilines is 2. The van der Waals surface area contributed by atoms with Crippen LogP contribution in [0.4, 0.5) is 15.8 Å². The second-order valence-corrected chi connectivity index (χ2v) is 7.78. The van der Waals surface area contributed by atoms with Crippen LogP contribution in [0.1, 0.15) is 11.3 Å². The lowest BCUT2D eigenvalue weighted by Gasteiger charge is -2.13. The molecule has 0 spiro atoms. The van der Waals surface area contributed by atoms with E-state index in [4.69, 9.17) is 16.6 Å². The summed E-state index contributed by atoms with van der Waals surface area (Å²) in [5.41, 5.74) is 6.00. The lowest BCUT2D eigenvalue weighted by Crippen LogP contribution is -2.00. The van der Waals surface area contributed by atoms with E-state index >= 15 is 0 Å². The SMILES string of the molecule is Cc1cn(-c2ccc(Nc3cccn4c(Cl)c(-c5ccc(F)cc5)nc34)cc2CO)cn1. The van der Waals surface area contributed by atoms with E-state index in [0.29, 0.717) is 16.5 Å². The second kappa shape index (κ2) is 8.11. The van der Waals surface area contributed by atoms with E-state index in [0.717, 1.165) is 33.9 Å². The van der Waals surface area contributed by atoms with Gasteiger partial charge in [0, 0.05) is 29.2 Å². The lowest BCUT2D eigenvalue weighted by atomic mass is 10.1. The minimum absolute atomic E-state index is 0.115.